The zero-order valence-corrected chi connectivity index (χ0v) is 17.6. The maximum atomic E-state index is 12.4. The summed E-state index contributed by atoms with van der Waals surface area (Å²) in [6.45, 7) is 2.85. The number of hydrogen-bond acceptors (Lipinski definition) is 3. The van der Waals surface area contributed by atoms with E-state index in [4.69, 9.17) is 21.1 Å². The van der Waals surface area contributed by atoms with E-state index in [9.17, 15) is 4.79 Å². The summed E-state index contributed by atoms with van der Waals surface area (Å²) in [4.78, 5) is 13.5. The van der Waals surface area contributed by atoms with Crippen LogP contribution in [0.5, 0.6) is 11.5 Å². The fraction of sp³-hybridized carbons (Fsp3) is 0.316. The summed E-state index contributed by atoms with van der Waals surface area (Å²) in [5.74, 6) is 1.25. The van der Waals surface area contributed by atoms with Crippen molar-refractivity contribution in [3.05, 3.63) is 51.0 Å². The van der Waals surface area contributed by atoms with Gasteiger partial charge in [0.25, 0.3) is 5.91 Å². The Labute approximate surface area is 167 Å². The first-order valence-corrected chi connectivity index (χ1v) is 9.28. The Morgan fingerprint density at radius 2 is 1.88 bits per heavy atom. The van der Waals surface area contributed by atoms with Gasteiger partial charge in [0, 0.05) is 21.1 Å². The van der Waals surface area contributed by atoms with Gasteiger partial charge in [-0.25, -0.2) is 0 Å². The van der Waals surface area contributed by atoms with Gasteiger partial charge in [-0.05, 0) is 36.8 Å². The predicted octanol–water partition coefficient (Wildman–Crippen LogP) is 3.08. The molecule has 0 saturated heterocycles. The molecule has 0 heterocycles. The lowest BCUT2D eigenvalue weighted by Crippen LogP contribution is -3.08. The first-order chi connectivity index (χ1) is 12.3. The van der Waals surface area contributed by atoms with Crippen LogP contribution in [0.4, 0.5) is 5.69 Å². The molecule has 0 aliphatic carbocycles. The number of quaternary nitrogens is 1. The smallest absolute Gasteiger partial charge is 0.279 e. The van der Waals surface area contributed by atoms with Gasteiger partial charge in [0.2, 0.25) is 0 Å². The van der Waals surface area contributed by atoms with Crippen molar-refractivity contribution < 1.29 is 19.2 Å². The Morgan fingerprint density at radius 3 is 2.54 bits per heavy atom. The summed E-state index contributed by atoms with van der Waals surface area (Å²) >= 11 is 9.57. The number of carbonyl (C=O) groups is 1. The van der Waals surface area contributed by atoms with Crippen LogP contribution in [0.3, 0.4) is 0 Å². The first kappa shape index (κ1) is 20.6. The minimum atomic E-state index is -0.100. The van der Waals surface area contributed by atoms with Gasteiger partial charge in [0.1, 0.15) is 18.0 Å². The van der Waals surface area contributed by atoms with Gasteiger partial charge in [-0.3, -0.25) is 4.79 Å². The molecule has 0 aliphatic heterocycles. The monoisotopic (exact) mass is 441 g/mol. The van der Waals surface area contributed by atoms with Crippen molar-refractivity contribution in [1.82, 2.24) is 0 Å². The summed E-state index contributed by atoms with van der Waals surface area (Å²) in [6, 6.07) is 9.36. The molecule has 2 aromatic rings. The van der Waals surface area contributed by atoms with E-state index in [1.54, 1.807) is 20.3 Å². The molecular weight excluding hydrogens is 420 g/mol. The standard InChI is InChI=1S/C19H22BrClN2O3/c1-12-7-16(18(26-4)9-15(12)21)22-19(24)11-23(2)10-13-8-14(20)5-6-17(13)25-3/h5-9H,10-11H2,1-4H3,(H,22,24)/p+1. The van der Waals surface area contributed by atoms with E-state index in [0.717, 1.165) is 26.2 Å². The number of amides is 1. The van der Waals surface area contributed by atoms with Crippen LogP contribution in [0.2, 0.25) is 5.02 Å². The molecule has 1 unspecified atom stereocenters. The fourth-order valence-electron chi connectivity index (χ4n) is 2.67. The molecule has 1 amide bonds. The maximum absolute atomic E-state index is 12.4. The Bertz CT molecular complexity index is 799. The Kier molecular flexibility index (Phi) is 7.32. The SMILES string of the molecule is COc1ccc(Br)cc1C[NH+](C)CC(=O)Nc1cc(C)c(Cl)cc1OC. The molecule has 0 radical (unpaired) electrons. The van der Waals surface area contributed by atoms with E-state index in [2.05, 4.69) is 21.2 Å². The summed E-state index contributed by atoms with van der Waals surface area (Å²) < 4.78 is 11.7. The van der Waals surface area contributed by atoms with E-state index in [1.165, 1.54) is 0 Å². The van der Waals surface area contributed by atoms with E-state index in [1.807, 2.05) is 38.2 Å². The molecule has 2 N–H and O–H groups in total. The van der Waals surface area contributed by atoms with Crippen molar-refractivity contribution in [2.45, 2.75) is 13.5 Å². The van der Waals surface area contributed by atoms with Crippen LogP contribution in [0, 0.1) is 6.92 Å². The van der Waals surface area contributed by atoms with Crippen LogP contribution in [-0.4, -0.2) is 33.7 Å². The third-order valence-electron chi connectivity index (χ3n) is 3.95. The summed E-state index contributed by atoms with van der Waals surface area (Å²) in [5, 5.41) is 3.50. The number of ether oxygens (including phenoxy) is 2. The average molecular weight is 443 g/mol. The summed E-state index contributed by atoms with van der Waals surface area (Å²) in [5.41, 5.74) is 2.53. The van der Waals surface area contributed by atoms with Crippen molar-refractivity contribution in [3.63, 3.8) is 0 Å². The van der Waals surface area contributed by atoms with Crippen LogP contribution < -0.4 is 19.7 Å². The van der Waals surface area contributed by atoms with Crippen LogP contribution in [0.15, 0.2) is 34.8 Å². The minimum absolute atomic E-state index is 0.100. The van der Waals surface area contributed by atoms with Gasteiger partial charge in [-0.15, -0.1) is 0 Å². The highest BCUT2D eigenvalue weighted by Gasteiger charge is 2.16. The summed E-state index contributed by atoms with van der Waals surface area (Å²) in [6.07, 6.45) is 0. The van der Waals surface area contributed by atoms with Crippen LogP contribution >= 0.6 is 27.5 Å². The van der Waals surface area contributed by atoms with Gasteiger partial charge in [-0.2, -0.15) is 0 Å². The van der Waals surface area contributed by atoms with Gasteiger partial charge >= 0.3 is 0 Å². The molecule has 26 heavy (non-hydrogen) atoms. The highest BCUT2D eigenvalue weighted by Crippen LogP contribution is 2.30. The third-order valence-corrected chi connectivity index (χ3v) is 4.85. The van der Waals surface area contributed by atoms with Crippen molar-refractivity contribution in [1.29, 1.82) is 0 Å². The van der Waals surface area contributed by atoms with Gasteiger partial charge in [0.15, 0.2) is 6.54 Å². The van der Waals surface area contributed by atoms with Gasteiger partial charge < -0.3 is 19.7 Å². The zero-order valence-electron chi connectivity index (χ0n) is 15.3. The van der Waals surface area contributed by atoms with Crippen molar-refractivity contribution in [3.8, 4) is 11.5 Å². The molecule has 0 aromatic heterocycles. The number of aryl methyl sites for hydroxylation is 1. The molecule has 2 aromatic carbocycles. The van der Waals surface area contributed by atoms with E-state index in [-0.39, 0.29) is 5.91 Å². The molecule has 5 nitrogen and oxygen atoms in total. The molecule has 0 bridgehead atoms. The summed E-state index contributed by atoms with van der Waals surface area (Å²) in [7, 11) is 5.15. The van der Waals surface area contributed by atoms with Crippen molar-refractivity contribution in [2.75, 3.05) is 33.1 Å². The second-order valence-electron chi connectivity index (χ2n) is 6.12. The molecule has 0 aliphatic rings. The second-order valence-corrected chi connectivity index (χ2v) is 7.44. The van der Waals surface area contributed by atoms with E-state index in [0.29, 0.717) is 29.5 Å². The lowest BCUT2D eigenvalue weighted by atomic mass is 10.2. The Morgan fingerprint density at radius 1 is 1.19 bits per heavy atom. The predicted molar refractivity (Wildman–Crippen MR) is 108 cm³/mol. The highest BCUT2D eigenvalue weighted by atomic mass is 79.9. The molecule has 0 fully saturated rings. The number of likely N-dealkylation sites (N-methyl/N-ethyl adjacent to an activating group) is 1. The van der Waals surface area contributed by atoms with Crippen molar-refractivity contribution in [2.24, 2.45) is 0 Å². The lowest BCUT2D eigenvalue weighted by Gasteiger charge is -2.17. The zero-order chi connectivity index (χ0) is 19.3. The number of hydrogen-bond donors (Lipinski definition) is 2. The molecule has 0 saturated carbocycles. The molecule has 1 atom stereocenters. The number of rotatable bonds is 7. The molecule has 2 rings (SSSR count). The first-order valence-electron chi connectivity index (χ1n) is 8.11. The van der Waals surface area contributed by atoms with Crippen molar-refractivity contribution >= 4 is 39.1 Å². The third kappa shape index (κ3) is 5.37. The topological polar surface area (TPSA) is 52.0 Å². The number of benzene rings is 2. The molecular formula is C19H23BrClN2O3+. The number of methoxy groups -OCH3 is 2. The van der Waals surface area contributed by atoms with Crippen LogP contribution in [0.1, 0.15) is 11.1 Å². The average Bonchev–Trinajstić information content (AvgIpc) is 2.57. The molecule has 7 heteroatoms. The maximum Gasteiger partial charge on any atom is 0.279 e. The quantitative estimate of drug-likeness (QED) is 0.693. The highest BCUT2D eigenvalue weighted by molar-refractivity contribution is 9.10. The van der Waals surface area contributed by atoms with Gasteiger partial charge in [-0.1, -0.05) is 27.5 Å². The minimum Gasteiger partial charge on any atom is -0.496 e. The van der Waals surface area contributed by atoms with E-state index >= 15 is 0 Å². The van der Waals surface area contributed by atoms with E-state index < -0.39 is 0 Å². The molecule has 140 valence electrons. The van der Waals surface area contributed by atoms with Crippen LogP contribution in [0.25, 0.3) is 0 Å². The number of nitrogens with one attached hydrogen (secondary N) is 2. The number of anilines is 1. The normalized spacial score (nSPS) is 11.8. The Balaban J connectivity index is 2.04. The van der Waals surface area contributed by atoms with Gasteiger partial charge in [0.05, 0.1) is 27.0 Å². The number of halogens is 2. The number of carbonyl (C=O) groups excluding carboxylic acids is 1. The lowest BCUT2D eigenvalue weighted by molar-refractivity contribution is -0.885. The van der Waals surface area contributed by atoms with Crippen LogP contribution in [-0.2, 0) is 11.3 Å². The second kappa shape index (κ2) is 9.26. The molecule has 0 spiro atoms. The Hall–Kier alpha value is -1.76. The largest absolute Gasteiger partial charge is 0.496 e. The fourth-order valence-corrected chi connectivity index (χ4v) is 3.23.